The molecule has 0 unspecified atom stereocenters. The molecule has 1 aromatic heterocycles. The van der Waals surface area contributed by atoms with Gasteiger partial charge in [0.15, 0.2) is 0 Å². The maximum atomic E-state index is 12.5. The van der Waals surface area contributed by atoms with Crippen LogP contribution in [0.2, 0.25) is 0 Å². The molecule has 2 aliphatic heterocycles. The van der Waals surface area contributed by atoms with Gasteiger partial charge in [0.05, 0.1) is 5.92 Å². The molecule has 7 nitrogen and oxygen atoms in total. The first kappa shape index (κ1) is 14.7. The summed E-state index contributed by atoms with van der Waals surface area (Å²) in [5.41, 5.74) is 0. The number of nitrogens with zero attached hydrogens (tertiary/aromatic N) is 4. The van der Waals surface area contributed by atoms with E-state index in [-0.39, 0.29) is 23.8 Å². The normalized spacial score (nSPS) is 27.2. The number of nitrogens with one attached hydrogen (secondary N) is 1. The van der Waals surface area contributed by atoms with Crippen LogP contribution in [0.25, 0.3) is 0 Å². The van der Waals surface area contributed by atoms with E-state index in [1.54, 1.807) is 0 Å². The molecule has 1 aromatic rings. The van der Waals surface area contributed by atoms with Gasteiger partial charge in [0, 0.05) is 38.5 Å². The number of likely N-dealkylation sites (tertiary alicyclic amines) is 1. The molecule has 1 N–H and O–H groups in total. The summed E-state index contributed by atoms with van der Waals surface area (Å²) in [5, 5.41) is 11.4. The lowest BCUT2D eigenvalue weighted by molar-refractivity contribution is -0.129. The summed E-state index contributed by atoms with van der Waals surface area (Å²) >= 11 is 0. The third-order valence-corrected chi connectivity index (χ3v) is 5.24. The van der Waals surface area contributed by atoms with Gasteiger partial charge in [-0.3, -0.25) is 9.59 Å². The number of aryl methyl sites for hydroxylation is 2. The number of carbonyl (C=O) groups excluding carboxylic acids is 2. The van der Waals surface area contributed by atoms with E-state index in [1.807, 2.05) is 11.8 Å². The topological polar surface area (TPSA) is 80.1 Å². The highest BCUT2D eigenvalue weighted by Gasteiger charge is 2.37. The summed E-state index contributed by atoms with van der Waals surface area (Å²) in [6.45, 7) is 4.10. The molecule has 0 bridgehead atoms. The lowest BCUT2D eigenvalue weighted by atomic mass is 10.0. The quantitative estimate of drug-likeness (QED) is 0.865. The summed E-state index contributed by atoms with van der Waals surface area (Å²) in [6, 6.07) is 0.109. The summed E-state index contributed by atoms with van der Waals surface area (Å²) in [7, 11) is 0. The van der Waals surface area contributed by atoms with Crippen LogP contribution in [0.3, 0.4) is 0 Å². The number of aromatic nitrogens is 3. The zero-order valence-electron chi connectivity index (χ0n) is 13.5. The van der Waals surface area contributed by atoms with Crippen LogP contribution in [-0.2, 0) is 22.6 Å². The van der Waals surface area contributed by atoms with Gasteiger partial charge >= 0.3 is 0 Å². The van der Waals surface area contributed by atoms with Crippen LogP contribution >= 0.6 is 0 Å². The van der Waals surface area contributed by atoms with Gasteiger partial charge in [0.2, 0.25) is 11.8 Å². The van der Waals surface area contributed by atoms with E-state index in [4.69, 9.17) is 0 Å². The molecule has 23 heavy (non-hydrogen) atoms. The van der Waals surface area contributed by atoms with Crippen LogP contribution < -0.4 is 5.32 Å². The van der Waals surface area contributed by atoms with Crippen LogP contribution in [0, 0.1) is 18.8 Å². The summed E-state index contributed by atoms with van der Waals surface area (Å²) < 4.78 is 2.08. The second kappa shape index (κ2) is 5.62. The van der Waals surface area contributed by atoms with Gasteiger partial charge in [-0.15, -0.1) is 10.2 Å². The van der Waals surface area contributed by atoms with Gasteiger partial charge in [-0.25, -0.2) is 0 Å². The van der Waals surface area contributed by atoms with E-state index < -0.39 is 0 Å². The van der Waals surface area contributed by atoms with E-state index in [0.717, 1.165) is 37.6 Å². The Labute approximate surface area is 135 Å². The van der Waals surface area contributed by atoms with E-state index in [9.17, 15) is 9.59 Å². The van der Waals surface area contributed by atoms with Crippen molar-refractivity contribution in [3.05, 3.63) is 11.6 Å². The fourth-order valence-electron chi connectivity index (χ4n) is 3.64. The molecule has 0 spiro atoms. The average Bonchev–Trinajstić information content (AvgIpc) is 3.17. The summed E-state index contributed by atoms with van der Waals surface area (Å²) in [4.78, 5) is 26.4. The second-order valence-electron chi connectivity index (χ2n) is 7.16. The molecule has 1 aliphatic carbocycles. The van der Waals surface area contributed by atoms with Crippen molar-refractivity contribution < 1.29 is 9.59 Å². The molecule has 2 atom stereocenters. The van der Waals surface area contributed by atoms with E-state index >= 15 is 0 Å². The third kappa shape index (κ3) is 2.96. The van der Waals surface area contributed by atoms with Crippen LogP contribution in [0.4, 0.5) is 0 Å². The van der Waals surface area contributed by atoms with E-state index in [1.165, 1.54) is 12.8 Å². The molecule has 3 aliphatic rings. The third-order valence-electron chi connectivity index (χ3n) is 5.24. The van der Waals surface area contributed by atoms with Gasteiger partial charge in [0.25, 0.3) is 0 Å². The minimum absolute atomic E-state index is 0.0239. The van der Waals surface area contributed by atoms with Crippen molar-refractivity contribution in [2.45, 2.75) is 51.6 Å². The molecular formula is C16H23N5O2. The Morgan fingerprint density at radius 2 is 2.09 bits per heavy atom. The highest BCUT2D eigenvalue weighted by atomic mass is 16.2. The first-order chi connectivity index (χ1) is 11.1. The molecule has 3 heterocycles. The highest BCUT2D eigenvalue weighted by molar-refractivity contribution is 5.89. The number of amides is 2. The number of hydrogen-bond donors (Lipinski definition) is 1. The molecule has 4 rings (SSSR count). The molecule has 7 heteroatoms. The Hall–Kier alpha value is -1.92. The Morgan fingerprint density at radius 3 is 2.87 bits per heavy atom. The number of fused-ring (bicyclic) bond motifs is 1. The van der Waals surface area contributed by atoms with Crippen molar-refractivity contribution in [1.29, 1.82) is 0 Å². The Balaban J connectivity index is 1.33. The second-order valence-corrected chi connectivity index (χ2v) is 7.16. The minimum atomic E-state index is -0.190. The molecule has 2 fully saturated rings. The maximum absolute atomic E-state index is 12.5. The van der Waals surface area contributed by atoms with Gasteiger partial charge in [-0.05, 0) is 32.1 Å². The SMILES string of the molecule is Cc1nnc2n1C[C@@H](NC(=O)[C@H]1CC(=O)N(CC3CC3)C1)CC2. The van der Waals surface area contributed by atoms with Gasteiger partial charge in [-0.2, -0.15) is 0 Å². The fraction of sp³-hybridized carbons (Fsp3) is 0.750. The van der Waals surface area contributed by atoms with Gasteiger partial charge in [0.1, 0.15) is 11.6 Å². The monoisotopic (exact) mass is 317 g/mol. The summed E-state index contributed by atoms with van der Waals surface area (Å²) in [6.07, 6.45) is 4.54. The van der Waals surface area contributed by atoms with Crippen LogP contribution in [0.1, 0.15) is 37.3 Å². The van der Waals surface area contributed by atoms with E-state index in [2.05, 4.69) is 20.1 Å². The minimum Gasteiger partial charge on any atom is -0.351 e. The smallest absolute Gasteiger partial charge is 0.225 e. The predicted octanol–water partition coefficient (Wildman–Crippen LogP) is 0.276. The summed E-state index contributed by atoms with van der Waals surface area (Å²) in [5.74, 6) is 2.54. The molecule has 2 amide bonds. The largest absolute Gasteiger partial charge is 0.351 e. The number of rotatable bonds is 4. The zero-order chi connectivity index (χ0) is 16.0. The number of hydrogen-bond acceptors (Lipinski definition) is 4. The highest BCUT2D eigenvalue weighted by Crippen LogP contribution is 2.32. The maximum Gasteiger partial charge on any atom is 0.225 e. The lowest BCUT2D eigenvalue weighted by Crippen LogP contribution is -2.44. The standard InChI is InChI=1S/C16H23N5O2/c1-10-18-19-14-5-4-13(9-21(10)14)17-16(23)12-6-15(22)20(8-12)7-11-2-3-11/h11-13H,2-9H2,1H3,(H,17,23)/t12-,13-/m0/s1. The van der Waals surface area contributed by atoms with Crippen molar-refractivity contribution in [3.8, 4) is 0 Å². The van der Waals surface area contributed by atoms with Crippen LogP contribution in [-0.4, -0.2) is 50.6 Å². The molecular weight excluding hydrogens is 294 g/mol. The van der Waals surface area contributed by atoms with Crippen molar-refractivity contribution in [2.24, 2.45) is 11.8 Å². The Kier molecular flexibility index (Phi) is 3.58. The molecule has 124 valence electrons. The fourth-order valence-corrected chi connectivity index (χ4v) is 3.64. The molecule has 1 saturated carbocycles. The van der Waals surface area contributed by atoms with Crippen LogP contribution in [0.5, 0.6) is 0 Å². The van der Waals surface area contributed by atoms with Crippen molar-refractivity contribution >= 4 is 11.8 Å². The Morgan fingerprint density at radius 1 is 1.26 bits per heavy atom. The van der Waals surface area contributed by atoms with Gasteiger partial charge < -0.3 is 14.8 Å². The van der Waals surface area contributed by atoms with Gasteiger partial charge in [-0.1, -0.05) is 0 Å². The van der Waals surface area contributed by atoms with Crippen LogP contribution in [0.15, 0.2) is 0 Å². The molecule has 1 saturated heterocycles. The van der Waals surface area contributed by atoms with Crippen molar-refractivity contribution in [2.75, 3.05) is 13.1 Å². The Bertz CT molecular complexity index is 636. The predicted molar refractivity (Wildman–Crippen MR) is 82.4 cm³/mol. The first-order valence-corrected chi connectivity index (χ1v) is 8.57. The van der Waals surface area contributed by atoms with Crippen molar-refractivity contribution in [1.82, 2.24) is 25.0 Å². The lowest BCUT2D eigenvalue weighted by Gasteiger charge is -2.26. The van der Waals surface area contributed by atoms with E-state index in [0.29, 0.717) is 18.9 Å². The number of carbonyl (C=O) groups is 2. The molecule has 0 aromatic carbocycles. The molecule has 0 radical (unpaired) electrons. The zero-order valence-corrected chi connectivity index (χ0v) is 13.5. The average molecular weight is 317 g/mol. The first-order valence-electron chi connectivity index (χ1n) is 8.57. The van der Waals surface area contributed by atoms with Crippen molar-refractivity contribution in [3.63, 3.8) is 0 Å².